The number of fused-ring (bicyclic) bond motifs is 2. The molecule has 4 rings (SSSR count). The Labute approximate surface area is 153 Å². The van der Waals surface area contributed by atoms with Gasteiger partial charge < -0.3 is 4.74 Å². The van der Waals surface area contributed by atoms with Crippen molar-refractivity contribution in [2.75, 3.05) is 7.05 Å². The van der Waals surface area contributed by atoms with Crippen LogP contribution in [-0.2, 0) is 4.79 Å². The van der Waals surface area contributed by atoms with Crippen LogP contribution >= 0.6 is 11.6 Å². The number of hydrogen-bond acceptors (Lipinski definition) is 3. The lowest BCUT2D eigenvalue weighted by atomic mass is 9.76. The van der Waals surface area contributed by atoms with Crippen LogP contribution in [-0.4, -0.2) is 30.0 Å². The first-order valence-corrected chi connectivity index (χ1v) is 9.25. The molecule has 2 unspecified atom stereocenters. The van der Waals surface area contributed by atoms with Gasteiger partial charge in [0.15, 0.2) is 0 Å². The lowest BCUT2D eigenvalue weighted by Crippen LogP contribution is -2.49. The molecule has 2 aliphatic rings. The maximum atomic E-state index is 13.1. The van der Waals surface area contributed by atoms with Crippen LogP contribution in [0.3, 0.4) is 0 Å². The van der Waals surface area contributed by atoms with Gasteiger partial charge in [-0.05, 0) is 56.1 Å². The zero-order chi connectivity index (χ0) is 17.4. The molecule has 2 aliphatic heterocycles. The Morgan fingerprint density at radius 3 is 2.52 bits per heavy atom. The molecule has 3 nitrogen and oxygen atoms in total. The second-order valence-electron chi connectivity index (χ2n) is 7.12. The van der Waals surface area contributed by atoms with Crippen molar-refractivity contribution in [3.8, 4) is 5.75 Å². The number of piperidine rings is 1. The number of carbonyl (C=O) groups excluding carboxylic acids is 1. The molecule has 0 aromatic heterocycles. The highest BCUT2D eigenvalue weighted by atomic mass is 35.5. The van der Waals surface area contributed by atoms with E-state index in [0.717, 1.165) is 24.3 Å². The number of halogens is 1. The maximum absolute atomic E-state index is 13.1. The highest BCUT2D eigenvalue weighted by Gasteiger charge is 2.49. The Bertz CT molecular complexity index is 746. The number of para-hydroxylation sites is 1. The van der Waals surface area contributed by atoms with Gasteiger partial charge in [-0.3, -0.25) is 9.69 Å². The van der Waals surface area contributed by atoms with E-state index in [1.54, 1.807) is 0 Å². The van der Waals surface area contributed by atoms with Gasteiger partial charge in [0.2, 0.25) is 0 Å². The number of hydrogen-bond donors (Lipinski definition) is 0. The van der Waals surface area contributed by atoms with Crippen LogP contribution in [0.2, 0.25) is 5.02 Å². The molecule has 2 fully saturated rings. The van der Waals surface area contributed by atoms with Gasteiger partial charge in [0.25, 0.3) is 0 Å². The van der Waals surface area contributed by atoms with Crippen molar-refractivity contribution in [1.82, 2.24) is 4.90 Å². The summed E-state index contributed by atoms with van der Waals surface area (Å²) in [7, 11) is 2.14. The fourth-order valence-corrected chi connectivity index (χ4v) is 4.64. The molecule has 0 spiro atoms. The van der Waals surface area contributed by atoms with Gasteiger partial charge in [-0.1, -0.05) is 41.9 Å². The van der Waals surface area contributed by atoms with Gasteiger partial charge in [-0.25, -0.2) is 0 Å². The molecule has 4 atom stereocenters. The molecular formula is C21H22ClNO2. The molecule has 2 saturated heterocycles. The molecule has 0 saturated carbocycles. The summed E-state index contributed by atoms with van der Waals surface area (Å²) in [5.41, 5.74) is 1.18. The average Bonchev–Trinajstić information content (AvgIpc) is 2.86. The third-order valence-electron chi connectivity index (χ3n) is 5.80. The van der Waals surface area contributed by atoms with Crippen molar-refractivity contribution in [1.29, 1.82) is 0 Å². The number of carbonyl (C=O) groups is 1. The Balaban J connectivity index is 1.64. The molecule has 130 valence electrons. The summed E-state index contributed by atoms with van der Waals surface area (Å²) in [6.45, 7) is 0. The second kappa shape index (κ2) is 6.81. The molecule has 2 bridgehead atoms. The smallest absolute Gasteiger partial charge is 0.316 e. The fourth-order valence-electron chi connectivity index (χ4n) is 4.51. The lowest BCUT2D eigenvalue weighted by Gasteiger charge is -2.41. The molecule has 0 aliphatic carbocycles. The summed E-state index contributed by atoms with van der Waals surface area (Å²) in [4.78, 5) is 15.5. The quantitative estimate of drug-likeness (QED) is 0.599. The molecule has 0 radical (unpaired) electrons. The topological polar surface area (TPSA) is 29.5 Å². The summed E-state index contributed by atoms with van der Waals surface area (Å²) in [5, 5.41) is 0.725. The Morgan fingerprint density at radius 2 is 1.80 bits per heavy atom. The normalized spacial score (nSPS) is 28.7. The van der Waals surface area contributed by atoms with Crippen LogP contribution in [0, 0.1) is 5.92 Å². The molecular weight excluding hydrogens is 334 g/mol. The van der Waals surface area contributed by atoms with Gasteiger partial charge >= 0.3 is 5.97 Å². The first-order chi connectivity index (χ1) is 12.1. The molecule has 0 N–H and O–H groups in total. The summed E-state index contributed by atoms with van der Waals surface area (Å²) in [6.07, 6.45) is 3.20. The van der Waals surface area contributed by atoms with E-state index in [2.05, 4.69) is 24.1 Å². The van der Waals surface area contributed by atoms with Gasteiger partial charge in [0, 0.05) is 23.0 Å². The van der Waals surface area contributed by atoms with Crippen molar-refractivity contribution in [2.45, 2.75) is 37.3 Å². The molecule has 2 aromatic rings. The number of ether oxygens (including phenoxy) is 1. The largest absolute Gasteiger partial charge is 0.426 e. The van der Waals surface area contributed by atoms with Crippen molar-refractivity contribution in [3.05, 3.63) is 65.2 Å². The molecule has 0 amide bonds. The van der Waals surface area contributed by atoms with E-state index in [-0.39, 0.29) is 23.8 Å². The minimum absolute atomic E-state index is 0.122. The van der Waals surface area contributed by atoms with Gasteiger partial charge in [-0.15, -0.1) is 0 Å². The van der Waals surface area contributed by atoms with E-state index >= 15 is 0 Å². The van der Waals surface area contributed by atoms with E-state index in [4.69, 9.17) is 16.3 Å². The highest BCUT2D eigenvalue weighted by Crippen LogP contribution is 2.46. The Morgan fingerprint density at radius 1 is 1.08 bits per heavy atom. The van der Waals surface area contributed by atoms with E-state index in [9.17, 15) is 4.79 Å². The zero-order valence-electron chi connectivity index (χ0n) is 14.3. The average molecular weight is 356 g/mol. The maximum Gasteiger partial charge on any atom is 0.316 e. The van der Waals surface area contributed by atoms with Crippen molar-refractivity contribution < 1.29 is 9.53 Å². The van der Waals surface area contributed by atoms with E-state index in [1.807, 2.05) is 42.5 Å². The summed E-state index contributed by atoms with van der Waals surface area (Å²) < 4.78 is 5.74. The highest BCUT2D eigenvalue weighted by molar-refractivity contribution is 6.30. The van der Waals surface area contributed by atoms with Gasteiger partial charge in [0.1, 0.15) is 5.75 Å². The Hall–Kier alpha value is -1.84. The van der Waals surface area contributed by atoms with Crippen molar-refractivity contribution in [2.24, 2.45) is 5.92 Å². The minimum Gasteiger partial charge on any atom is -0.426 e. The van der Waals surface area contributed by atoms with Gasteiger partial charge in [-0.2, -0.15) is 0 Å². The van der Waals surface area contributed by atoms with Crippen LogP contribution in [0.1, 0.15) is 30.7 Å². The van der Waals surface area contributed by atoms with E-state index < -0.39 is 0 Å². The number of benzene rings is 2. The van der Waals surface area contributed by atoms with Crippen LogP contribution in [0.15, 0.2) is 54.6 Å². The molecule has 25 heavy (non-hydrogen) atoms. The van der Waals surface area contributed by atoms with Crippen LogP contribution in [0.25, 0.3) is 0 Å². The first-order valence-electron chi connectivity index (χ1n) is 8.87. The standard InChI is InChI=1S/C21H22ClNO2/c1-23-16-11-12-19(23)20(21(24)25-17-5-3-2-4-6-17)18(13-16)14-7-9-15(22)10-8-14/h2-10,16,18-20H,11-13H2,1H3/t16-,18-,19?,20?/m1/s1. The van der Waals surface area contributed by atoms with E-state index in [1.165, 1.54) is 5.56 Å². The number of nitrogens with zero attached hydrogens (tertiary/aromatic N) is 1. The minimum atomic E-state index is -0.148. The number of rotatable bonds is 3. The van der Waals surface area contributed by atoms with Crippen LogP contribution in [0.4, 0.5) is 0 Å². The lowest BCUT2D eigenvalue weighted by molar-refractivity contribution is -0.143. The predicted molar refractivity (Wildman–Crippen MR) is 99.0 cm³/mol. The summed E-state index contributed by atoms with van der Waals surface area (Å²) >= 11 is 6.05. The molecule has 4 heteroatoms. The SMILES string of the molecule is CN1C2CC[C@@H]1C[C@H](c1ccc(Cl)cc1)C2C(=O)Oc1ccccc1. The van der Waals surface area contributed by atoms with Crippen LogP contribution in [0.5, 0.6) is 5.75 Å². The predicted octanol–water partition coefficient (Wildman–Crippen LogP) is 4.51. The van der Waals surface area contributed by atoms with Gasteiger partial charge in [0.05, 0.1) is 5.92 Å². The second-order valence-corrected chi connectivity index (χ2v) is 7.55. The van der Waals surface area contributed by atoms with Crippen molar-refractivity contribution >= 4 is 17.6 Å². The first kappa shape index (κ1) is 16.6. The number of esters is 1. The van der Waals surface area contributed by atoms with E-state index in [0.29, 0.717) is 11.8 Å². The fraction of sp³-hybridized carbons (Fsp3) is 0.381. The molecule has 2 aromatic carbocycles. The third-order valence-corrected chi connectivity index (χ3v) is 6.05. The summed E-state index contributed by atoms with van der Waals surface area (Å²) in [5.74, 6) is 0.529. The zero-order valence-corrected chi connectivity index (χ0v) is 15.0. The Kier molecular flexibility index (Phi) is 4.53. The van der Waals surface area contributed by atoms with Crippen molar-refractivity contribution in [3.63, 3.8) is 0 Å². The summed E-state index contributed by atoms with van der Waals surface area (Å²) in [6, 6.07) is 18.1. The van der Waals surface area contributed by atoms with Crippen LogP contribution < -0.4 is 4.74 Å². The monoisotopic (exact) mass is 355 g/mol. The third kappa shape index (κ3) is 3.19. The molecule has 2 heterocycles.